The van der Waals surface area contributed by atoms with Crippen LogP contribution in [0.4, 0.5) is 10.1 Å². The van der Waals surface area contributed by atoms with Crippen LogP contribution in [0.25, 0.3) is 10.9 Å². The predicted octanol–water partition coefficient (Wildman–Crippen LogP) is 2.67. The van der Waals surface area contributed by atoms with E-state index in [1.807, 2.05) is 6.92 Å². The van der Waals surface area contributed by atoms with Gasteiger partial charge in [0, 0.05) is 18.8 Å². The van der Waals surface area contributed by atoms with Gasteiger partial charge in [-0.25, -0.2) is 9.18 Å². The Balaban J connectivity index is 2.02. The first-order valence-electron chi connectivity index (χ1n) is 10.3. The number of aliphatic hydroxyl groups is 1. The Labute approximate surface area is 173 Å². The molecule has 1 saturated heterocycles. The van der Waals surface area contributed by atoms with Crippen molar-refractivity contribution >= 4 is 28.8 Å². The summed E-state index contributed by atoms with van der Waals surface area (Å²) in [5.41, 5.74) is -0.292. The second-order valence-corrected chi connectivity index (χ2v) is 8.07. The number of aldehydes is 1. The molecule has 0 bridgehead atoms. The number of aromatic nitrogens is 1. The third-order valence-corrected chi connectivity index (χ3v) is 6.19. The number of carbonyl (C=O) groups excluding carboxylic acids is 2. The van der Waals surface area contributed by atoms with E-state index < -0.39 is 17.2 Å². The van der Waals surface area contributed by atoms with Crippen LogP contribution < -0.4 is 10.3 Å². The Morgan fingerprint density at radius 1 is 1.37 bits per heavy atom. The monoisotopic (exact) mass is 416 g/mol. The van der Waals surface area contributed by atoms with Gasteiger partial charge < -0.3 is 19.3 Å². The Morgan fingerprint density at radius 3 is 2.70 bits per heavy atom. The molecule has 2 heterocycles. The predicted molar refractivity (Wildman–Crippen MR) is 110 cm³/mol. The van der Waals surface area contributed by atoms with E-state index in [9.17, 15) is 19.5 Å². The third-order valence-electron chi connectivity index (χ3n) is 6.19. The minimum absolute atomic E-state index is 0.0106. The summed E-state index contributed by atoms with van der Waals surface area (Å²) in [4.78, 5) is 39.2. The lowest BCUT2D eigenvalue weighted by Crippen LogP contribution is -2.36. The van der Waals surface area contributed by atoms with Crippen LogP contribution in [0.2, 0.25) is 0 Å². The maximum Gasteiger partial charge on any atom is 0.343 e. The quantitative estimate of drug-likeness (QED) is 0.575. The van der Waals surface area contributed by atoms with E-state index in [0.717, 1.165) is 25.3 Å². The molecule has 160 valence electrons. The van der Waals surface area contributed by atoms with Crippen molar-refractivity contribution in [3.63, 3.8) is 0 Å². The van der Waals surface area contributed by atoms with Crippen molar-refractivity contribution in [2.45, 2.75) is 45.2 Å². The van der Waals surface area contributed by atoms with Crippen molar-refractivity contribution in [3.05, 3.63) is 39.4 Å². The number of benzene rings is 1. The highest BCUT2D eigenvalue weighted by molar-refractivity contribution is 6.04. The Hall–Kier alpha value is -2.74. The molecule has 1 aromatic carbocycles. The summed E-state index contributed by atoms with van der Waals surface area (Å²) in [7, 11) is 0. The van der Waals surface area contributed by atoms with Crippen molar-refractivity contribution in [1.29, 1.82) is 0 Å². The Kier molecular flexibility index (Phi) is 5.36. The van der Waals surface area contributed by atoms with Crippen LogP contribution in [0.3, 0.4) is 0 Å². The number of anilines is 1. The molecule has 0 spiro atoms. The Morgan fingerprint density at radius 2 is 2.10 bits per heavy atom. The normalized spacial score (nSPS) is 21.3. The molecule has 0 amide bonds. The van der Waals surface area contributed by atoms with E-state index in [1.165, 1.54) is 6.20 Å². The molecule has 1 aliphatic carbocycles. The van der Waals surface area contributed by atoms with Crippen LogP contribution in [0.5, 0.6) is 0 Å². The molecule has 2 atom stereocenters. The summed E-state index contributed by atoms with van der Waals surface area (Å²) in [6.07, 6.45) is 4.44. The number of esters is 1. The molecule has 1 saturated carbocycles. The number of ether oxygens (including phenoxy) is 1. The first-order valence-corrected chi connectivity index (χ1v) is 10.3. The molecular weight excluding hydrogens is 391 g/mol. The van der Waals surface area contributed by atoms with Crippen molar-refractivity contribution < 1.29 is 23.8 Å². The van der Waals surface area contributed by atoms with E-state index in [-0.39, 0.29) is 53.4 Å². The number of aliphatic hydroxyl groups excluding tert-OH is 1. The summed E-state index contributed by atoms with van der Waals surface area (Å²) in [6, 6.07) is 0.832. The number of nitrogens with zero attached hydrogens (tertiary/aromatic N) is 2. The van der Waals surface area contributed by atoms with Crippen molar-refractivity contribution in [3.8, 4) is 0 Å². The maximum absolute atomic E-state index is 15.3. The topological polar surface area (TPSA) is 88.8 Å². The number of hydrogen-bond acceptors (Lipinski definition) is 6. The minimum atomic E-state index is -0.760. The molecule has 30 heavy (non-hydrogen) atoms. The number of carbonyl (C=O) groups is 2. The van der Waals surface area contributed by atoms with E-state index in [4.69, 9.17) is 4.74 Å². The SMILES string of the molecule is CCOC(=O)c1cn(C2CC2)c2c(C=O)c(N3CC[C@@H](C)[C@H]3CO)c(F)cc2c1=O. The summed E-state index contributed by atoms with van der Waals surface area (Å²) in [5.74, 6) is -1.33. The summed E-state index contributed by atoms with van der Waals surface area (Å²) < 4.78 is 22.1. The van der Waals surface area contributed by atoms with Gasteiger partial charge in [0.05, 0.1) is 41.4 Å². The van der Waals surface area contributed by atoms with Gasteiger partial charge in [0.25, 0.3) is 0 Å². The van der Waals surface area contributed by atoms with Gasteiger partial charge in [-0.15, -0.1) is 0 Å². The molecular formula is C22H25FN2O5. The molecule has 2 aliphatic rings. The van der Waals surface area contributed by atoms with Crippen LogP contribution in [0, 0.1) is 11.7 Å². The van der Waals surface area contributed by atoms with Crippen LogP contribution in [0.15, 0.2) is 17.1 Å². The zero-order chi connectivity index (χ0) is 21.6. The molecule has 8 heteroatoms. The highest BCUT2D eigenvalue weighted by atomic mass is 19.1. The highest BCUT2D eigenvalue weighted by Gasteiger charge is 2.36. The van der Waals surface area contributed by atoms with Crippen molar-refractivity contribution in [2.24, 2.45) is 5.92 Å². The summed E-state index contributed by atoms with van der Waals surface area (Å²) in [6.45, 7) is 4.08. The molecule has 2 aromatic rings. The fourth-order valence-corrected chi connectivity index (χ4v) is 4.47. The zero-order valence-electron chi connectivity index (χ0n) is 17.1. The van der Waals surface area contributed by atoms with E-state index in [1.54, 1.807) is 16.4 Å². The lowest BCUT2D eigenvalue weighted by atomic mass is 10.0. The summed E-state index contributed by atoms with van der Waals surface area (Å²) in [5, 5.41) is 9.81. The number of rotatable bonds is 6. The van der Waals surface area contributed by atoms with Crippen molar-refractivity contribution in [1.82, 2.24) is 4.57 Å². The number of pyridine rings is 1. The highest BCUT2D eigenvalue weighted by Crippen LogP contribution is 2.41. The average molecular weight is 416 g/mol. The standard InChI is InChI=1S/C22H25FN2O5/c1-3-30-22(29)15-9-25(13-4-5-13)19-14(21(15)28)8-17(23)20(16(19)10-26)24-7-6-12(2)18(24)11-27/h8-10,12-13,18,27H,3-7,11H2,1-2H3/t12-,18-/m1/s1. The van der Waals surface area contributed by atoms with Crippen LogP contribution >= 0.6 is 0 Å². The van der Waals surface area contributed by atoms with Gasteiger partial charge in [-0.05, 0) is 38.2 Å². The van der Waals surface area contributed by atoms with Crippen molar-refractivity contribution in [2.75, 3.05) is 24.7 Å². The van der Waals surface area contributed by atoms with Crippen LogP contribution in [0.1, 0.15) is 59.9 Å². The third kappa shape index (κ3) is 3.19. The second kappa shape index (κ2) is 7.83. The largest absolute Gasteiger partial charge is 0.462 e. The van der Waals surface area contributed by atoms with Crippen LogP contribution in [-0.2, 0) is 4.74 Å². The fraction of sp³-hybridized carbons (Fsp3) is 0.500. The maximum atomic E-state index is 15.3. The van der Waals surface area contributed by atoms with Gasteiger partial charge in [-0.1, -0.05) is 6.92 Å². The Bertz CT molecular complexity index is 1080. The molecule has 0 unspecified atom stereocenters. The minimum Gasteiger partial charge on any atom is -0.462 e. The van der Waals surface area contributed by atoms with Gasteiger partial charge in [0.2, 0.25) is 5.43 Å². The molecule has 1 aromatic heterocycles. The number of halogens is 1. The van der Waals surface area contributed by atoms with Gasteiger partial charge >= 0.3 is 5.97 Å². The lowest BCUT2D eigenvalue weighted by molar-refractivity contribution is 0.0524. The second-order valence-electron chi connectivity index (χ2n) is 8.07. The molecule has 4 rings (SSSR count). The van der Waals surface area contributed by atoms with Gasteiger partial charge in [0.15, 0.2) is 6.29 Å². The number of hydrogen-bond donors (Lipinski definition) is 1. The first-order chi connectivity index (χ1) is 14.4. The molecule has 1 aliphatic heterocycles. The van der Waals surface area contributed by atoms with E-state index in [0.29, 0.717) is 18.3 Å². The molecule has 1 N–H and O–H groups in total. The summed E-state index contributed by atoms with van der Waals surface area (Å²) >= 11 is 0. The lowest BCUT2D eigenvalue weighted by Gasteiger charge is -2.29. The van der Waals surface area contributed by atoms with Gasteiger partial charge in [0.1, 0.15) is 11.4 Å². The van der Waals surface area contributed by atoms with Crippen LogP contribution in [-0.4, -0.2) is 47.7 Å². The smallest absolute Gasteiger partial charge is 0.343 e. The fourth-order valence-electron chi connectivity index (χ4n) is 4.47. The van der Waals surface area contributed by atoms with Gasteiger partial charge in [-0.3, -0.25) is 9.59 Å². The molecule has 2 fully saturated rings. The zero-order valence-corrected chi connectivity index (χ0v) is 17.1. The van der Waals surface area contributed by atoms with E-state index in [2.05, 4.69) is 0 Å². The first kappa shape index (κ1) is 20.5. The average Bonchev–Trinajstić information content (AvgIpc) is 3.50. The van der Waals surface area contributed by atoms with Gasteiger partial charge in [-0.2, -0.15) is 0 Å². The molecule has 7 nitrogen and oxygen atoms in total. The van der Waals surface area contributed by atoms with E-state index >= 15 is 4.39 Å². The molecule has 0 radical (unpaired) electrons. The number of fused-ring (bicyclic) bond motifs is 1.